The molecule has 3 aromatic rings. The number of benzene rings is 3. The summed E-state index contributed by atoms with van der Waals surface area (Å²) in [4.78, 5) is 13.2. The van der Waals surface area contributed by atoms with E-state index in [0.29, 0.717) is 18.8 Å². The molecule has 34 heavy (non-hydrogen) atoms. The maximum Gasteiger partial charge on any atom is 0.309 e. The predicted molar refractivity (Wildman–Crippen MR) is 146 cm³/mol. The molecule has 2 heteroatoms. The quantitative estimate of drug-likeness (QED) is 0.299. The monoisotopic (exact) mass is 460 g/mol. The largest absolute Gasteiger partial charge is 0.453 e. The molecule has 2 nitrogen and oxygen atoms in total. The zero-order valence-electron chi connectivity index (χ0n) is 22.3. The molecule has 0 spiro atoms. The number of carbonyl (C=O) groups is 1. The lowest BCUT2D eigenvalue weighted by molar-refractivity contribution is -0.166. The van der Waals surface area contributed by atoms with E-state index in [-0.39, 0.29) is 11.9 Å². The van der Waals surface area contributed by atoms with Gasteiger partial charge in [-0.2, -0.15) is 0 Å². The summed E-state index contributed by atoms with van der Waals surface area (Å²) in [5.74, 6) is 0.181. The van der Waals surface area contributed by atoms with E-state index in [0.717, 1.165) is 23.1 Å². The first kappa shape index (κ1) is 29.2. The van der Waals surface area contributed by atoms with Gasteiger partial charge in [0.25, 0.3) is 0 Å². The highest BCUT2D eigenvalue weighted by Gasteiger charge is 2.38. The summed E-state index contributed by atoms with van der Waals surface area (Å²) in [6, 6.07) is 30.8. The minimum Gasteiger partial charge on any atom is -0.453 e. The average molecular weight is 461 g/mol. The topological polar surface area (TPSA) is 26.3 Å². The van der Waals surface area contributed by atoms with E-state index >= 15 is 0 Å². The normalized spacial score (nSPS) is 11.4. The Morgan fingerprint density at radius 2 is 1.06 bits per heavy atom. The van der Waals surface area contributed by atoms with Crippen LogP contribution in [0.4, 0.5) is 0 Å². The molecule has 0 saturated carbocycles. The lowest BCUT2D eigenvalue weighted by Crippen LogP contribution is -2.39. The van der Waals surface area contributed by atoms with Gasteiger partial charge in [-0.05, 0) is 29.0 Å². The fraction of sp³-hybridized carbons (Fsp3) is 0.406. The lowest BCUT2D eigenvalue weighted by Gasteiger charge is -2.36. The molecule has 0 N–H and O–H groups in total. The molecule has 0 aromatic heterocycles. The smallest absolute Gasteiger partial charge is 0.309 e. The molecule has 1 unspecified atom stereocenters. The van der Waals surface area contributed by atoms with Crippen LogP contribution in [0, 0.1) is 11.8 Å². The van der Waals surface area contributed by atoms with Crippen molar-refractivity contribution in [2.45, 2.75) is 73.3 Å². The van der Waals surface area contributed by atoms with Crippen LogP contribution < -0.4 is 0 Å². The maximum atomic E-state index is 13.2. The molecule has 0 fully saturated rings. The Bertz CT molecular complexity index is 860. The molecular weight excluding hydrogens is 416 g/mol. The van der Waals surface area contributed by atoms with Gasteiger partial charge >= 0.3 is 5.97 Å². The van der Waals surface area contributed by atoms with Crippen LogP contribution in [-0.2, 0) is 28.0 Å². The number of hydrogen-bond acceptors (Lipinski definition) is 2. The Morgan fingerprint density at radius 1 is 0.676 bits per heavy atom. The van der Waals surface area contributed by atoms with E-state index in [1.807, 2.05) is 89.2 Å². The summed E-state index contributed by atoms with van der Waals surface area (Å²) in [5.41, 5.74) is 2.58. The van der Waals surface area contributed by atoms with E-state index in [1.54, 1.807) is 0 Å². The van der Waals surface area contributed by atoms with Crippen LogP contribution in [-0.4, -0.2) is 5.97 Å². The zero-order valence-corrected chi connectivity index (χ0v) is 22.3. The van der Waals surface area contributed by atoms with E-state index in [1.165, 1.54) is 0 Å². The number of ether oxygens (including phenoxy) is 1. The molecule has 0 saturated heterocycles. The van der Waals surface area contributed by atoms with Gasteiger partial charge in [-0.15, -0.1) is 0 Å². The summed E-state index contributed by atoms with van der Waals surface area (Å²) in [5, 5.41) is 0. The van der Waals surface area contributed by atoms with Crippen LogP contribution in [0.3, 0.4) is 0 Å². The average Bonchev–Trinajstić information content (AvgIpc) is 2.88. The lowest BCUT2D eigenvalue weighted by atomic mass is 9.81. The summed E-state index contributed by atoms with van der Waals surface area (Å²) < 4.78 is 6.46. The SMILES string of the molecule is CC.CC.CC(C)CC(C)C(=O)OC(Cc1ccccc1)(Cc1ccccc1)c1ccccc1. The summed E-state index contributed by atoms with van der Waals surface area (Å²) in [6.45, 7) is 14.3. The molecule has 0 bridgehead atoms. The van der Waals surface area contributed by atoms with Gasteiger partial charge in [0.2, 0.25) is 0 Å². The van der Waals surface area contributed by atoms with Crippen molar-refractivity contribution < 1.29 is 9.53 Å². The van der Waals surface area contributed by atoms with Crippen molar-refractivity contribution in [2.24, 2.45) is 11.8 Å². The first-order chi connectivity index (χ1) is 16.5. The second-order valence-electron chi connectivity index (χ2n) is 8.64. The fourth-order valence-corrected chi connectivity index (χ4v) is 4.09. The van der Waals surface area contributed by atoms with Gasteiger partial charge in [0, 0.05) is 12.8 Å². The van der Waals surface area contributed by atoms with Crippen LogP contribution in [0.2, 0.25) is 0 Å². The third-order valence-electron chi connectivity index (χ3n) is 5.49. The highest BCUT2D eigenvalue weighted by molar-refractivity contribution is 5.73. The molecule has 0 aliphatic rings. The molecule has 0 amide bonds. The minimum absolute atomic E-state index is 0.126. The molecule has 3 rings (SSSR count). The highest BCUT2D eigenvalue weighted by Crippen LogP contribution is 2.35. The zero-order chi connectivity index (χ0) is 25.4. The van der Waals surface area contributed by atoms with Gasteiger partial charge in [-0.3, -0.25) is 4.79 Å². The van der Waals surface area contributed by atoms with Crippen LogP contribution in [0.25, 0.3) is 0 Å². The molecule has 3 aromatic carbocycles. The van der Waals surface area contributed by atoms with E-state index in [2.05, 4.69) is 50.2 Å². The second-order valence-corrected chi connectivity index (χ2v) is 8.64. The van der Waals surface area contributed by atoms with Crippen molar-refractivity contribution in [3.63, 3.8) is 0 Å². The van der Waals surface area contributed by atoms with Crippen molar-refractivity contribution in [1.82, 2.24) is 0 Å². The Hall–Kier alpha value is -2.87. The van der Waals surface area contributed by atoms with Gasteiger partial charge in [0.1, 0.15) is 5.60 Å². The molecule has 0 radical (unpaired) electrons. The van der Waals surface area contributed by atoms with Gasteiger partial charge < -0.3 is 4.74 Å². The van der Waals surface area contributed by atoms with Gasteiger partial charge in [0.05, 0.1) is 5.92 Å². The fourth-order valence-electron chi connectivity index (χ4n) is 4.09. The Labute approximate surface area is 208 Å². The molecule has 0 aliphatic heterocycles. The second kappa shape index (κ2) is 15.9. The number of rotatable bonds is 9. The maximum absolute atomic E-state index is 13.2. The van der Waals surface area contributed by atoms with Crippen molar-refractivity contribution in [3.8, 4) is 0 Å². The van der Waals surface area contributed by atoms with Gasteiger partial charge in [-0.1, -0.05) is 139 Å². The number of carbonyl (C=O) groups excluding carboxylic acids is 1. The summed E-state index contributed by atoms with van der Waals surface area (Å²) in [7, 11) is 0. The molecular formula is C32H44O2. The van der Waals surface area contributed by atoms with Crippen LogP contribution in [0.15, 0.2) is 91.0 Å². The highest BCUT2D eigenvalue weighted by atomic mass is 16.6. The Balaban J connectivity index is 0.00000137. The molecule has 0 aliphatic carbocycles. The van der Waals surface area contributed by atoms with Crippen molar-refractivity contribution >= 4 is 5.97 Å². The first-order valence-electron chi connectivity index (χ1n) is 12.8. The van der Waals surface area contributed by atoms with E-state index in [9.17, 15) is 4.79 Å². The Kier molecular flexibility index (Phi) is 13.6. The van der Waals surface area contributed by atoms with Crippen molar-refractivity contribution in [2.75, 3.05) is 0 Å². The molecule has 184 valence electrons. The minimum atomic E-state index is -0.758. The number of esters is 1. The van der Waals surface area contributed by atoms with Crippen LogP contribution in [0.1, 0.15) is 71.6 Å². The Morgan fingerprint density at radius 3 is 1.44 bits per heavy atom. The van der Waals surface area contributed by atoms with Gasteiger partial charge in [-0.25, -0.2) is 0 Å². The van der Waals surface area contributed by atoms with Gasteiger partial charge in [0.15, 0.2) is 0 Å². The van der Waals surface area contributed by atoms with Crippen LogP contribution in [0.5, 0.6) is 0 Å². The van der Waals surface area contributed by atoms with E-state index in [4.69, 9.17) is 4.74 Å². The predicted octanol–water partition coefficient (Wildman–Crippen LogP) is 8.65. The number of hydrogen-bond donors (Lipinski definition) is 0. The summed E-state index contributed by atoms with van der Waals surface area (Å²) >= 11 is 0. The van der Waals surface area contributed by atoms with Crippen molar-refractivity contribution in [1.29, 1.82) is 0 Å². The molecule has 0 heterocycles. The standard InChI is InChI=1S/C28H32O2.2C2H6/c1-22(2)19-23(3)27(29)30-28(26-17-11-6-12-18-26,20-24-13-7-4-8-14-24)21-25-15-9-5-10-16-25;2*1-2/h4-18,22-23H,19-21H2,1-3H3;2*1-2H3. The third-order valence-corrected chi connectivity index (χ3v) is 5.49. The third kappa shape index (κ3) is 9.17. The molecule has 1 atom stereocenters. The summed E-state index contributed by atoms with van der Waals surface area (Å²) in [6.07, 6.45) is 2.08. The van der Waals surface area contributed by atoms with Crippen LogP contribution >= 0.6 is 0 Å². The van der Waals surface area contributed by atoms with E-state index < -0.39 is 5.60 Å². The first-order valence-corrected chi connectivity index (χ1v) is 12.8. The van der Waals surface area contributed by atoms with Crippen molar-refractivity contribution in [3.05, 3.63) is 108 Å².